The summed E-state index contributed by atoms with van der Waals surface area (Å²) in [6.07, 6.45) is 3.99. The Bertz CT molecular complexity index is 3460. The maximum Gasteiger partial charge on any atom is 0.341 e. The number of hydrogen-bond donors (Lipinski definition) is 5. The van der Waals surface area contributed by atoms with Crippen LogP contribution in [0.4, 0.5) is 19.0 Å². The first kappa shape index (κ1) is 57.9. The molecule has 7 heterocycles. The lowest BCUT2D eigenvalue weighted by molar-refractivity contribution is -0.153. The number of hydrogen-bond acceptors (Lipinski definition) is 17. The van der Waals surface area contributed by atoms with Crippen LogP contribution in [-0.2, 0) is 19.1 Å². The third kappa shape index (κ3) is 10.7. The number of carboxylic acids is 1. The Morgan fingerprint density at radius 3 is 2.26 bits per heavy atom. The molecule has 5 aliphatic heterocycles. The Balaban J connectivity index is 1.02. The molecule has 0 saturated carbocycles. The van der Waals surface area contributed by atoms with E-state index in [1.54, 1.807) is 36.6 Å². The number of aromatic nitrogens is 2. The van der Waals surface area contributed by atoms with Crippen molar-refractivity contribution in [2.75, 3.05) is 50.8 Å². The molecule has 0 spiro atoms. The molecular formula is C58H63F3N6O14. The summed E-state index contributed by atoms with van der Waals surface area (Å²) in [5.74, 6) is -13.5. The standard InChI is InChI=1S/C58H63F3N6O14/c1-27-11-10-12-28(2)56(76)62-44-45(51(74)41-42(50(44)73)48(71)31(5)52-43(41)53(75)58(7,81-52)79-22-9-8-13-40(80-32(6)68)29(3)47(70)30(4)46(27)69)65-20-18-64(19-21-65)34-16-17-66(25-34)55-38(61)24-35-49(72)36(57(77)78)26-67(54(35)63-55)39-15-14-33(59)23-37(39)60/h10-12,14-15,23-24,26-27,29-30,34,40,46-47,69-71H,8-9,13,16-22,25H2,1-7H3,(H,62,76)(H,77,78)/b11-10+,28-12-/t27-,29-,30+,34?,40+,46-,47-,58-/m0/s1. The van der Waals surface area contributed by atoms with Crippen molar-refractivity contribution in [3.63, 3.8) is 0 Å². The number of fused-ring (bicyclic) bond motifs is 16. The van der Waals surface area contributed by atoms with Gasteiger partial charge in [-0.2, -0.15) is 0 Å². The number of aromatic carboxylic acids is 1. The number of anilines is 1. The second-order valence-corrected chi connectivity index (χ2v) is 21.6. The van der Waals surface area contributed by atoms with Gasteiger partial charge in [0.05, 0.1) is 46.6 Å². The predicted molar refractivity (Wildman–Crippen MR) is 286 cm³/mol. The number of aliphatic hydroxyl groups excluding tert-OH is 2. The van der Waals surface area contributed by atoms with Gasteiger partial charge < -0.3 is 49.8 Å². The molecule has 2 aromatic carbocycles. The number of nitrogens with zero attached hydrogens (tertiary/aromatic N) is 5. The number of phenols is 1. The fourth-order valence-corrected chi connectivity index (χ4v) is 11.6. The molecule has 0 radical (unpaired) electrons. The molecule has 5 N–H and O–H groups in total. The summed E-state index contributed by atoms with van der Waals surface area (Å²) in [4.78, 5) is 106. The highest BCUT2D eigenvalue weighted by atomic mass is 19.1. The molecule has 2 fully saturated rings. The number of rotatable bonds is 6. The van der Waals surface area contributed by atoms with E-state index in [-0.39, 0.29) is 104 Å². The number of amides is 1. The minimum Gasteiger partial charge on any atom is -0.507 e. The summed E-state index contributed by atoms with van der Waals surface area (Å²) < 4.78 is 64.2. The molecule has 23 heteroatoms. The lowest BCUT2D eigenvalue weighted by atomic mass is 9.81. The lowest BCUT2D eigenvalue weighted by Gasteiger charge is -2.41. The number of carbonyl (C=O) groups is 6. The van der Waals surface area contributed by atoms with E-state index in [2.05, 4.69) is 15.2 Å². The number of ether oxygens (including phenoxy) is 3. The third-order valence-electron chi connectivity index (χ3n) is 16.3. The number of phenolic OH excluding ortho intramolecular Hbond substituents is 1. The zero-order valence-electron chi connectivity index (χ0n) is 45.7. The first-order valence-electron chi connectivity index (χ1n) is 26.8. The van der Waals surface area contributed by atoms with Gasteiger partial charge >= 0.3 is 11.9 Å². The SMILES string of the molecule is CC(=O)O[C@@H]1CCCCO[C@@]2(C)Oc3c(C)c(O)c4c(c3C2=O)C(=O)C(N2CCN(C3CCN(c5nc6c(cc5F)c(=O)c(C(=O)O)cn6-c5ccc(F)cc5F)C3)CC2)=C(NC(=O)/C(C)=C\C=C\[C@H](C)[C@H](O)[C@@H](C)[C@@H](O)[C@H]1C)C4=O. The second-order valence-electron chi connectivity index (χ2n) is 21.6. The van der Waals surface area contributed by atoms with Crippen molar-refractivity contribution >= 4 is 52.0 Å². The van der Waals surface area contributed by atoms with Crippen molar-refractivity contribution in [2.24, 2.45) is 17.8 Å². The quantitative estimate of drug-likeness (QED) is 0.146. The molecule has 4 aromatic rings. The van der Waals surface area contributed by atoms with Crippen LogP contribution < -0.4 is 20.4 Å². The van der Waals surface area contributed by atoms with E-state index in [1.165, 1.54) is 39.8 Å². The highest BCUT2D eigenvalue weighted by molar-refractivity contribution is 6.32. The van der Waals surface area contributed by atoms with Crippen LogP contribution in [0.2, 0.25) is 0 Å². The highest BCUT2D eigenvalue weighted by Gasteiger charge is 2.53. The minimum absolute atomic E-state index is 0.0322. The molecule has 6 aliphatic rings. The van der Waals surface area contributed by atoms with Gasteiger partial charge in [0, 0.05) is 100 Å². The van der Waals surface area contributed by atoms with Gasteiger partial charge in [-0.1, -0.05) is 39.0 Å². The van der Waals surface area contributed by atoms with Crippen LogP contribution in [0.3, 0.4) is 0 Å². The van der Waals surface area contributed by atoms with Gasteiger partial charge in [0.15, 0.2) is 17.3 Å². The summed E-state index contributed by atoms with van der Waals surface area (Å²) in [7, 11) is 0. The Labute approximate surface area is 463 Å². The number of esters is 1. The molecule has 8 atom stereocenters. The number of allylic oxidation sites excluding steroid dienone is 4. The smallest absolute Gasteiger partial charge is 0.341 e. The number of aromatic hydroxyl groups is 1. The summed E-state index contributed by atoms with van der Waals surface area (Å²) in [5, 5.41) is 46.6. The van der Waals surface area contributed by atoms with Gasteiger partial charge in [-0.3, -0.25) is 38.2 Å². The molecule has 1 unspecified atom stereocenters. The van der Waals surface area contributed by atoms with E-state index in [4.69, 9.17) is 14.2 Å². The van der Waals surface area contributed by atoms with Crippen LogP contribution >= 0.6 is 0 Å². The maximum absolute atomic E-state index is 16.1. The van der Waals surface area contributed by atoms with Gasteiger partial charge in [0.1, 0.15) is 46.2 Å². The van der Waals surface area contributed by atoms with Crippen LogP contribution in [0.25, 0.3) is 16.7 Å². The number of piperazine rings is 1. The van der Waals surface area contributed by atoms with E-state index in [0.717, 1.165) is 29.0 Å². The second kappa shape index (κ2) is 22.7. The molecular weight excluding hydrogens is 1060 g/mol. The van der Waals surface area contributed by atoms with Crippen molar-refractivity contribution in [3.05, 3.63) is 121 Å². The number of benzene rings is 2. The largest absolute Gasteiger partial charge is 0.507 e. The average Bonchev–Trinajstić information content (AvgIpc) is 3.04. The van der Waals surface area contributed by atoms with Gasteiger partial charge in [-0.05, 0) is 57.7 Å². The van der Waals surface area contributed by atoms with Gasteiger partial charge in [-0.15, -0.1) is 0 Å². The van der Waals surface area contributed by atoms with Crippen molar-refractivity contribution < 1.29 is 76.6 Å². The first-order valence-corrected chi connectivity index (χ1v) is 26.8. The monoisotopic (exact) mass is 1120 g/mol. The number of ketones is 3. The van der Waals surface area contributed by atoms with Crippen LogP contribution in [-0.4, -0.2) is 151 Å². The Hall–Kier alpha value is -7.73. The number of aliphatic hydroxyl groups is 2. The molecule has 430 valence electrons. The Morgan fingerprint density at radius 2 is 1.58 bits per heavy atom. The zero-order valence-corrected chi connectivity index (χ0v) is 45.7. The number of Topliss-reactive ketones (excluding diaryl/α,β-unsaturated/α-hetero) is 3. The molecule has 2 saturated heterocycles. The van der Waals surface area contributed by atoms with Gasteiger partial charge in [-0.25, -0.2) is 22.9 Å². The number of carbonyl (C=O) groups excluding carboxylic acids is 5. The highest BCUT2D eigenvalue weighted by Crippen LogP contribution is 2.49. The van der Waals surface area contributed by atoms with Crippen molar-refractivity contribution in [2.45, 2.75) is 104 Å². The molecule has 10 rings (SSSR count). The number of pyridine rings is 2. The number of carboxylic acid groups (broad SMARTS) is 1. The third-order valence-corrected chi connectivity index (χ3v) is 16.3. The first-order chi connectivity index (χ1) is 38.3. The van der Waals surface area contributed by atoms with Crippen molar-refractivity contribution in [3.8, 4) is 17.2 Å². The van der Waals surface area contributed by atoms with E-state index < -0.39 is 133 Å². The molecule has 1 aliphatic carbocycles. The molecule has 2 aromatic heterocycles. The van der Waals surface area contributed by atoms with Crippen LogP contribution in [0, 0.1) is 42.1 Å². The molecule has 5 bridgehead atoms. The van der Waals surface area contributed by atoms with E-state index in [9.17, 15) is 53.6 Å². The number of nitrogens with one attached hydrogen (secondary N) is 1. The summed E-state index contributed by atoms with van der Waals surface area (Å²) in [6, 6.07) is 3.12. The summed E-state index contributed by atoms with van der Waals surface area (Å²) >= 11 is 0. The fourth-order valence-electron chi connectivity index (χ4n) is 11.6. The predicted octanol–water partition coefficient (Wildman–Crippen LogP) is 5.67. The normalized spacial score (nSPS) is 27.3. The number of halogens is 3. The van der Waals surface area contributed by atoms with E-state index in [1.807, 2.05) is 0 Å². The van der Waals surface area contributed by atoms with Crippen molar-refractivity contribution in [1.29, 1.82) is 0 Å². The summed E-state index contributed by atoms with van der Waals surface area (Å²) in [5.41, 5.74) is -4.37. The van der Waals surface area contributed by atoms with Crippen LogP contribution in [0.5, 0.6) is 11.5 Å². The van der Waals surface area contributed by atoms with E-state index in [0.29, 0.717) is 25.3 Å². The van der Waals surface area contributed by atoms with Crippen molar-refractivity contribution in [1.82, 2.24) is 24.7 Å². The Kier molecular flexibility index (Phi) is 16.2. The topological polar surface area (TPSA) is 268 Å². The average molecular weight is 1130 g/mol. The van der Waals surface area contributed by atoms with Gasteiger partial charge in [0.25, 0.3) is 11.7 Å². The molecule has 81 heavy (non-hydrogen) atoms. The van der Waals surface area contributed by atoms with Crippen LogP contribution in [0.15, 0.2) is 70.5 Å². The van der Waals surface area contributed by atoms with E-state index >= 15 is 13.6 Å². The minimum atomic E-state index is -2.03. The Morgan fingerprint density at radius 1 is 0.864 bits per heavy atom. The zero-order chi connectivity index (χ0) is 58.7. The molecule has 1 amide bonds. The van der Waals surface area contributed by atoms with Crippen LogP contribution in [0.1, 0.15) is 114 Å². The summed E-state index contributed by atoms with van der Waals surface area (Å²) in [6.45, 7) is 11.6. The van der Waals surface area contributed by atoms with Gasteiger partial charge in [0.2, 0.25) is 22.8 Å². The lowest BCUT2D eigenvalue weighted by Crippen LogP contribution is -2.53. The fraction of sp³-hybridized carbons (Fsp3) is 0.448. The molecule has 20 nitrogen and oxygen atoms in total. The maximum atomic E-state index is 16.1.